The van der Waals surface area contributed by atoms with Crippen molar-refractivity contribution in [3.8, 4) is 0 Å². The lowest BCUT2D eigenvalue weighted by Gasteiger charge is -2.43. The summed E-state index contributed by atoms with van der Waals surface area (Å²) in [6.07, 6.45) is -0.360. The summed E-state index contributed by atoms with van der Waals surface area (Å²) in [5.41, 5.74) is 0.462. The highest BCUT2D eigenvalue weighted by atomic mass is 19.2. The largest absolute Gasteiger partial charge is 0.396 e. The molecule has 0 radical (unpaired) electrons. The molecule has 0 aromatic heterocycles. The van der Waals surface area contributed by atoms with Crippen LogP contribution >= 0.6 is 0 Å². The number of hydrogen-bond donors (Lipinski definition) is 2. The molecule has 1 amide bonds. The summed E-state index contributed by atoms with van der Waals surface area (Å²) in [6.45, 7) is 1.57. The van der Waals surface area contributed by atoms with Crippen molar-refractivity contribution in [1.82, 2.24) is 5.32 Å². The monoisotopic (exact) mass is 393 g/mol. The van der Waals surface area contributed by atoms with Crippen molar-refractivity contribution in [1.29, 1.82) is 0 Å². The average Bonchev–Trinajstić information content (AvgIpc) is 2.64. The minimum absolute atomic E-state index is 0.0342. The van der Waals surface area contributed by atoms with Crippen LogP contribution < -0.4 is 5.32 Å². The molecular weight excluding hydrogens is 371 g/mol. The lowest BCUT2D eigenvalue weighted by Crippen LogP contribution is -2.51. The fourth-order valence-electron chi connectivity index (χ4n) is 3.58. The molecule has 2 aromatic rings. The molecule has 7 heteroatoms. The van der Waals surface area contributed by atoms with Gasteiger partial charge in [0, 0.05) is 24.8 Å². The number of carbonyl (C=O) groups is 1. The van der Waals surface area contributed by atoms with Gasteiger partial charge in [0.1, 0.15) is 5.82 Å². The maximum Gasteiger partial charge on any atom is 0.222 e. The standard InChI is InChI=1S/C21H22F3NO3/c1-21(25-20(27)8-9-26)11-18(13-2-5-15(22)6-3-13)28-19(12-21)14-4-7-16(23)17(24)10-14/h2-7,10,18-19,26H,8-9,11-12H2,1H3,(H,25,27)/t18-,19+,21+/m0/s1. The van der Waals surface area contributed by atoms with Gasteiger partial charge in [-0.05, 0) is 42.3 Å². The van der Waals surface area contributed by atoms with Gasteiger partial charge in [-0.1, -0.05) is 18.2 Å². The average molecular weight is 393 g/mol. The van der Waals surface area contributed by atoms with E-state index < -0.39 is 29.4 Å². The Morgan fingerprint density at radius 2 is 1.68 bits per heavy atom. The summed E-state index contributed by atoms with van der Waals surface area (Å²) in [6, 6.07) is 9.42. The molecule has 28 heavy (non-hydrogen) atoms. The summed E-state index contributed by atoms with van der Waals surface area (Å²) in [7, 11) is 0. The Morgan fingerprint density at radius 1 is 1.07 bits per heavy atom. The first kappa shape index (κ1) is 20.4. The molecule has 150 valence electrons. The van der Waals surface area contributed by atoms with Gasteiger partial charge in [-0.3, -0.25) is 4.79 Å². The summed E-state index contributed by atoms with van der Waals surface area (Å²) >= 11 is 0. The molecule has 0 unspecified atom stereocenters. The smallest absolute Gasteiger partial charge is 0.222 e. The van der Waals surface area contributed by atoms with Crippen molar-refractivity contribution >= 4 is 5.91 Å². The summed E-state index contributed by atoms with van der Waals surface area (Å²) in [5.74, 6) is -2.62. The van der Waals surface area contributed by atoms with E-state index in [9.17, 15) is 18.0 Å². The van der Waals surface area contributed by atoms with E-state index in [0.29, 0.717) is 18.4 Å². The number of rotatable bonds is 5. The molecule has 2 aromatic carbocycles. The first-order valence-electron chi connectivity index (χ1n) is 9.07. The van der Waals surface area contributed by atoms with Crippen molar-refractivity contribution in [2.24, 2.45) is 0 Å². The van der Waals surface area contributed by atoms with Gasteiger partial charge in [0.2, 0.25) is 5.91 Å². The van der Waals surface area contributed by atoms with Gasteiger partial charge in [-0.25, -0.2) is 13.2 Å². The van der Waals surface area contributed by atoms with E-state index in [2.05, 4.69) is 5.32 Å². The topological polar surface area (TPSA) is 58.6 Å². The fourth-order valence-corrected chi connectivity index (χ4v) is 3.58. The Bertz CT molecular complexity index is 843. The molecule has 3 atom stereocenters. The molecule has 1 aliphatic heterocycles. The van der Waals surface area contributed by atoms with E-state index in [0.717, 1.165) is 17.7 Å². The van der Waals surface area contributed by atoms with Gasteiger partial charge < -0.3 is 15.2 Å². The highest BCUT2D eigenvalue weighted by Gasteiger charge is 2.40. The maximum absolute atomic E-state index is 13.7. The zero-order chi connectivity index (χ0) is 20.3. The second-order valence-electron chi connectivity index (χ2n) is 7.33. The second kappa shape index (κ2) is 8.32. The highest BCUT2D eigenvalue weighted by molar-refractivity contribution is 5.76. The Kier molecular flexibility index (Phi) is 6.05. The van der Waals surface area contributed by atoms with Gasteiger partial charge in [0.05, 0.1) is 18.8 Å². The molecule has 3 rings (SSSR count). The van der Waals surface area contributed by atoms with Gasteiger partial charge >= 0.3 is 0 Å². The summed E-state index contributed by atoms with van der Waals surface area (Å²) in [4.78, 5) is 12.1. The van der Waals surface area contributed by atoms with Crippen LogP contribution in [0.15, 0.2) is 42.5 Å². The SMILES string of the molecule is C[C@@]1(NC(=O)CCO)C[C@@H](c2ccc(F)cc2)O[C@@H](c2ccc(F)c(F)c2)C1. The molecular formula is C21H22F3NO3. The number of nitrogens with one attached hydrogen (secondary N) is 1. The summed E-state index contributed by atoms with van der Waals surface area (Å²) in [5, 5.41) is 11.9. The van der Waals surface area contributed by atoms with Crippen molar-refractivity contribution in [3.63, 3.8) is 0 Å². The molecule has 4 nitrogen and oxygen atoms in total. The van der Waals surface area contributed by atoms with E-state index in [1.54, 1.807) is 12.1 Å². The lowest BCUT2D eigenvalue weighted by atomic mass is 9.81. The fraction of sp³-hybridized carbons (Fsp3) is 0.381. The Balaban J connectivity index is 1.91. The van der Waals surface area contributed by atoms with Crippen molar-refractivity contribution in [2.45, 2.75) is 43.9 Å². The number of amides is 1. The lowest BCUT2D eigenvalue weighted by molar-refractivity contribution is -0.129. The van der Waals surface area contributed by atoms with Crippen LogP contribution in [0.1, 0.15) is 49.5 Å². The van der Waals surface area contributed by atoms with Crippen LogP contribution in [-0.2, 0) is 9.53 Å². The van der Waals surface area contributed by atoms with Crippen LogP contribution in [0.3, 0.4) is 0 Å². The number of benzene rings is 2. The highest BCUT2D eigenvalue weighted by Crippen LogP contribution is 2.43. The number of hydrogen-bond acceptors (Lipinski definition) is 3. The Morgan fingerprint density at radius 3 is 2.29 bits per heavy atom. The van der Waals surface area contributed by atoms with E-state index in [1.165, 1.54) is 18.2 Å². The number of aliphatic hydroxyl groups is 1. The van der Waals surface area contributed by atoms with Crippen molar-refractivity contribution in [3.05, 3.63) is 71.0 Å². The van der Waals surface area contributed by atoms with E-state index in [4.69, 9.17) is 9.84 Å². The van der Waals surface area contributed by atoms with Gasteiger partial charge in [-0.15, -0.1) is 0 Å². The number of aliphatic hydroxyl groups excluding tert-OH is 1. The molecule has 1 saturated heterocycles. The zero-order valence-corrected chi connectivity index (χ0v) is 15.4. The van der Waals surface area contributed by atoms with Gasteiger partial charge in [-0.2, -0.15) is 0 Å². The predicted octanol–water partition coefficient (Wildman–Crippen LogP) is 3.95. The third-order valence-electron chi connectivity index (χ3n) is 4.94. The minimum atomic E-state index is -0.976. The van der Waals surface area contributed by atoms with E-state index >= 15 is 0 Å². The van der Waals surface area contributed by atoms with Crippen LogP contribution in [0.2, 0.25) is 0 Å². The van der Waals surface area contributed by atoms with Crippen LogP contribution in [0, 0.1) is 17.5 Å². The van der Waals surface area contributed by atoms with Gasteiger partial charge in [0.25, 0.3) is 0 Å². The molecule has 0 spiro atoms. The van der Waals surface area contributed by atoms with Crippen LogP contribution in [0.25, 0.3) is 0 Å². The first-order chi connectivity index (χ1) is 13.3. The Labute approximate surface area is 161 Å². The maximum atomic E-state index is 13.7. The Hall–Kier alpha value is -2.38. The van der Waals surface area contributed by atoms with Crippen LogP contribution in [-0.4, -0.2) is 23.2 Å². The molecule has 1 heterocycles. The third kappa shape index (κ3) is 4.72. The van der Waals surface area contributed by atoms with Crippen LogP contribution in [0.4, 0.5) is 13.2 Å². The number of ether oxygens (including phenoxy) is 1. The van der Waals surface area contributed by atoms with Crippen molar-refractivity contribution in [2.75, 3.05) is 6.61 Å². The predicted molar refractivity (Wildman–Crippen MR) is 96.8 cm³/mol. The second-order valence-corrected chi connectivity index (χ2v) is 7.33. The minimum Gasteiger partial charge on any atom is -0.396 e. The molecule has 0 bridgehead atoms. The van der Waals surface area contributed by atoms with Gasteiger partial charge in [0.15, 0.2) is 11.6 Å². The quantitative estimate of drug-likeness (QED) is 0.809. The molecule has 0 aliphatic carbocycles. The third-order valence-corrected chi connectivity index (χ3v) is 4.94. The van der Waals surface area contributed by atoms with Crippen LogP contribution in [0.5, 0.6) is 0 Å². The molecule has 1 aliphatic rings. The van der Waals surface area contributed by atoms with E-state index in [-0.39, 0.29) is 24.8 Å². The molecule has 0 saturated carbocycles. The number of halogens is 3. The zero-order valence-electron chi connectivity index (χ0n) is 15.4. The number of carbonyl (C=O) groups excluding carboxylic acids is 1. The van der Waals surface area contributed by atoms with E-state index in [1.807, 2.05) is 6.92 Å². The summed E-state index contributed by atoms with van der Waals surface area (Å²) < 4.78 is 46.5. The molecule has 2 N–H and O–H groups in total. The normalized spacial score (nSPS) is 24.8. The van der Waals surface area contributed by atoms with Crippen molar-refractivity contribution < 1.29 is 27.8 Å². The molecule has 1 fully saturated rings. The first-order valence-corrected chi connectivity index (χ1v) is 9.07.